The van der Waals surface area contributed by atoms with Crippen molar-refractivity contribution in [3.05, 3.63) is 17.5 Å². The van der Waals surface area contributed by atoms with E-state index in [1.807, 2.05) is 6.92 Å². The number of aromatic nitrogens is 1. The topological polar surface area (TPSA) is 63.4 Å². The molecule has 2 aliphatic rings. The van der Waals surface area contributed by atoms with Crippen molar-refractivity contribution in [1.29, 1.82) is 0 Å². The van der Waals surface area contributed by atoms with E-state index >= 15 is 0 Å². The monoisotopic (exact) mass is 248 g/mol. The lowest BCUT2D eigenvalue weighted by Crippen LogP contribution is -2.33. The van der Waals surface area contributed by atoms with Crippen LogP contribution in [0, 0.1) is 12.3 Å². The lowest BCUT2D eigenvalue weighted by atomic mass is 9.84. The van der Waals surface area contributed by atoms with Crippen molar-refractivity contribution in [3.63, 3.8) is 0 Å². The molecule has 1 aliphatic heterocycles. The van der Waals surface area contributed by atoms with Crippen molar-refractivity contribution >= 4 is 11.8 Å². The van der Waals surface area contributed by atoms with E-state index in [4.69, 9.17) is 4.52 Å². The third-order valence-corrected chi connectivity index (χ3v) is 4.04. The third-order valence-electron chi connectivity index (χ3n) is 4.04. The predicted molar refractivity (Wildman–Crippen MR) is 62.3 cm³/mol. The summed E-state index contributed by atoms with van der Waals surface area (Å²) in [4.78, 5) is 25.7. The minimum Gasteiger partial charge on any atom is -0.359 e. The zero-order valence-electron chi connectivity index (χ0n) is 10.4. The number of rotatable bonds is 2. The summed E-state index contributed by atoms with van der Waals surface area (Å²) in [6, 6.07) is 1.76. The Bertz CT molecular complexity index is 500. The second-order valence-corrected chi connectivity index (χ2v) is 5.38. The minimum atomic E-state index is -0.397. The first-order valence-corrected chi connectivity index (χ1v) is 6.38. The standard InChI is InChI=1S/C13H16N2O3/c1-9-6-10(18-14-9)8-15-11(16)7-13(12(15)17)4-2-3-5-13/h6H,2-5,7-8H2,1H3. The molecule has 1 aromatic rings. The summed E-state index contributed by atoms with van der Waals surface area (Å²) < 4.78 is 5.08. The molecule has 5 nitrogen and oxygen atoms in total. The van der Waals surface area contributed by atoms with Crippen molar-refractivity contribution in [3.8, 4) is 0 Å². The van der Waals surface area contributed by atoms with Crippen LogP contribution >= 0.6 is 0 Å². The summed E-state index contributed by atoms with van der Waals surface area (Å²) in [5, 5.41) is 3.77. The number of amides is 2. The van der Waals surface area contributed by atoms with Gasteiger partial charge < -0.3 is 4.52 Å². The molecule has 0 unspecified atom stereocenters. The molecular formula is C13H16N2O3. The highest BCUT2D eigenvalue weighted by Crippen LogP contribution is 2.47. The largest absolute Gasteiger partial charge is 0.359 e. The van der Waals surface area contributed by atoms with Gasteiger partial charge in [0.05, 0.1) is 17.7 Å². The molecule has 2 amide bonds. The van der Waals surface area contributed by atoms with Gasteiger partial charge in [-0.3, -0.25) is 14.5 Å². The quantitative estimate of drug-likeness (QED) is 0.749. The molecule has 0 N–H and O–H groups in total. The van der Waals surface area contributed by atoms with E-state index in [1.54, 1.807) is 6.07 Å². The Hall–Kier alpha value is -1.65. The van der Waals surface area contributed by atoms with Crippen LogP contribution in [-0.4, -0.2) is 21.9 Å². The molecule has 0 atom stereocenters. The number of aryl methyl sites for hydroxylation is 1. The Morgan fingerprint density at radius 1 is 1.39 bits per heavy atom. The average molecular weight is 248 g/mol. The van der Waals surface area contributed by atoms with Crippen LogP contribution in [0.4, 0.5) is 0 Å². The Morgan fingerprint density at radius 2 is 2.11 bits per heavy atom. The molecular weight excluding hydrogens is 232 g/mol. The summed E-state index contributed by atoms with van der Waals surface area (Å²) in [7, 11) is 0. The molecule has 1 aliphatic carbocycles. The summed E-state index contributed by atoms with van der Waals surface area (Å²) in [5.41, 5.74) is 0.367. The highest BCUT2D eigenvalue weighted by molar-refractivity contribution is 6.05. The van der Waals surface area contributed by atoms with Crippen LogP contribution in [0.5, 0.6) is 0 Å². The molecule has 0 bridgehead atoms. The maximum absolute atomic E-state index is 12.4. The van der Waals surface area contributed by atoms with E-state index in [1.165, 1.54) is 4.90 Å². The fourth-order valence-corrected chi connectivity index (χ4v) is 3.11. The fraction of sp³-hybridized carbons (Fsp3) is 0.615. The second kappa shape index (κ2) is 3.93. The molecule has 1 saturated carbocycles. The average Bonchev–Trinajstić information content (AvgIpc) is 2.99. The van der Waals surface area contributed by atoms with Gasteiger partial charge in [-0.25, -0.2) is 0 Å². The van der Waals surface area contributed by atoms with Crippen LogP contribution in [0.25, 0.3) is 0 Å². The van der Waals surface area contributed by atoms with E-state index in [0.717, 1.165) is 31.4 Å². The number of carbonyl (C=O) groups excluding carboxylic acids is 2. The van der Waals surface area contributed by atoms with E-state index in [2.05, 4.69) is 5.16 Å². The SMILES string of the molecule is Cc1cc(CN2C(=O)CC3(CCCC3)C2=O)on1. The molecule has 2 heterocycles. The van der Waals surface area contributed by atoms with Gasteiger partial charge in [-0.1, -0.05) is 18.0 Å². The Morgan fingerprint density at radius 3 is 2.72 bits per heavy atom. The second-order valence-electron chi connectivity index (χ2n) is 5.38. The van der Waals surface area contributed by atoms with Gasteiger partial charge in [-0.05, 0) is 19.8 Å². The molecule has 1 aromatic heterocycles. The normalized spacial score (nSPS) is 22.4. The van der Waals surface area contributed by atoms with Gasteiger partial charge in [0.25, 0.3) is 0 Å². The van der Waals surface area contributed by atoms with Gasteiger partial charge in [-0.2, -0.15) is 0 Å². The van der Waals surface area contributed by atoms with Gasteiger partial charge in [0.2, 0.25) is 11.8 Å². The molecule has 1 saturated heterocycles. The number of imide groups is 1. The van der Waals surface area contributed by atoms with Crippen LogP contribution < -0.4 is 0 Å². The summed E-state index contributed by atoms with van der Waals surface area (Å²) in [5.74, 6) is 0.485. The van der Waals surface area contributed by atoms with Gasteiger partial charge in [-0.15, -0.1) is 0 Å². The van der Waals surface area contributed by atoms with Crippen LogP contribution in [0.3, 0.4) is 0 Å². The molecule has 2 fully saturated rings. The number of hydrogen-bond donors (Lipinski definition) is 0. The number of hydrogen-bond acceptors (Lipinski definition) is 4. The van der Waals surface area contributed by atoms with Crippen LogP contribution in [0.15, 0.2) is 10.6 Å². The number of carbonyl (C=O) groups is 2. The van der Waals surface area contributed by atoms with Gasteiger partial charge in [0.15, 0.2) is 5.76 Å². The van der Waals surface area contributed by atoms with Crippen molar-refractivity contribution < 1.29 is 14.1 Å². The molecule has 3 rings (SSSR count). The highest BCUT2D eigenvalue weighted by Gasteiger charge is 2.52. The van der Waals surface area contributed by atoms with Crippen molar-refractivity contribution in [2.45, 2.75) is 45.6 Å². The zero-order valence-corrected chi connectivity index (χ0v) is 10.4. The third kappa shape index (κ3) is 1.65. The maximum Gasteiger partial charge on any atom is 0.236 e. The molecule has 96 valence electrons. The van der Waals surface area contributed by atoms with Crippen molar-refractivity contribution in [2.75, 3.05) is 0 Å². The molecule has 0 aromatic carbocycles. The number of likely N-dealkylation sites (tertiary alicyclic amines) is 1. The number of nitrogens with zero attached hydrogens (tertiary/aromatic N) is 2. The summed E-state index contributed by atoms with van der Waals surface area (Å²) >= 11 is 0. The maximum atomic E-state index is 12.4. The lowest BCUT2D eigenvalue weighted by molar-refractivity contribution is -0.142. The van der Waals surface area contributed by atoms with Crippen LogP contribution in [-0.2, 0) is 16.1 Å². The Balaban J connectivity index is 1.80. The predicted octanol–water partition coefficient (Wildman–Crippen LogP) is 1.80. The van der Waals surface area contributed by atoms with Crippen molar-refractivity contribution in [1.82, 2.24) is 10.1 Å². The van der Waals surface area contributed by atoms with E-state index in [-0.39, 0.29) is 18.4 Å². The molecule has 1 spiro atoms. The van der Waals surface area contributed by atoms with E-state index in [9.17, 15) is 9.59 Å². The summed E-state index contributed by atoms with van der Waals surface area (Å²) in [6.45, 7) is 2.04. The Kier molecular flexibility index (Phi) is 2.50. The van der Waals surface area contributed by atoms with E-state index in [0.29, 0.717) is 12.2 Å². The van der Waals surface area contributed by atoms with Crippen LogP contribution in [0.1, 0.15) is 43.6 Å². The smallest absolute Gasteiger partial charge is 0.236 e. The lowest BCUT2D eigenvalue weighted by Gasteiger charge is -2.20. The molecule has 5 heteroatoms. The fourth-order valence-electron chi connectivity index (χ4n) is 3.11. The van der Waals surface area contributed by atoms with Gasteiger partial charge in [0, 0.05) is 12.5 Å². The summed E-state index contributed by atoms with van der Waals surface area (Å²) in [6.07, 6.45) is 4.18. The van der Waals surface area contributed by atoms with Crippen molar-refractivity contribution in [2.24, 2.45) is 5.41 Å². The zero-order chi connectivity index (χ0) is 12.8. The first kappa shape index (κ1) is 11.4. The molecule has 0 radical (unpaired) electrons. The Labute approximate surface area is 105 Å². The molecule has 18 heavy (non-hydrogen) atoms. The first-order chi connectivity index (χ1) is 8.61. The highest BCUT2D eigenvalue weighted by atomic mass is 16.5. The first-order valence-electron chi connectivity index (χ1n) is 6.38. The van der Waals surface area contributed by atoms with Crippen LogP contribution in [0.2, 0.25) is 0 Å². The van der Waals surface area contributed by atoms with Gasteiger partial charge in [0.1, 0.15) is 0 Å². The minimum absolute atomic E-state index is 0.0148. The van der Waals surface area contributed by atoms with Gasteiger partial charge >= 0.3 is 0 Å². The van der Waals surface area contributed by atoms with E-state index < -0.39 is 5.41 Å².